The van der Waals surface area contributed by atoms with Gasteiger partial charge in [0.1, 0.15) is 11.7 Å². The van der Waals surface area contributed by atoms with Gasteiger partial charge in [-0.25, -0.2) is 9.37 Å². The molecule has 2 heterocycles. The number of rotatable bonds is 5. The highest BCUT2D eigenvalue weighted by atomic mass is 19.1. The number of aromatic nitrogens is 3. The lowest BCUT2D eigenvalue weighted by molar-refractivity contribution is 0.668. The molecule has 2 aromatic heterocycles. The maximum atomic E-state index is 13.5. The molecule has 0 unspecified atom stereocenters. The van der Waals surface area contributed by atoms with Crippen LogP contribution in [-0.4, -0.2) is 15.0 Å². The summed E-state index contributed by atoms with van der Waals surface area (Å²) in [6.07, 6.45) is 14.8. The standard InChI is InChI=1S/C24H22FN3/c1-3-20(25)11-9-16(2)22-23(17-7-5-4-6-8-17)28-24(27-22)19-10-12-21-18(15-19)13-14-26-21/h3,5,7-15,26H,1,4,6H2,2H3,(H,27,28)/b16-9+,20-11+. The van der Waals surface area contributed by atoms with Gasteiger partial charge in [0, 0.05) is 22.7 Å². The van der Waals surface area contributed by atoms with E-state index in [1.165, 1.54) is 12.2 Å². The van der Waals surface area contributed by atoms with Crippen molar-refractivity contribution in [3.8, 4) is 11.4 Å². The fourth-order valence-electron chi connectivity index (χ4n) is 3.36. The van der Waals surface area contributed by atoms with Crippen molar-refractivity contribution in [3.63, 3.8) is 0 Å². The molecular weight excluding hydrogens is 349 g/mol. The largest absolute Gasteiger partial charge is 0.361 e. The highest BCUT2D eigenvalue weighted by Gasteiger charge is 2.16. The third-order valence-electron chi connectivity index (χ3n) is 4.88. The molecule has 1 aromatic carbocycles. The summed E-state index contributed by atoms with van der Waals surface area (Å²) in [6, 6.07) is 8.26. The van der Waals surface area contributed by atoms with Crippen molar-refractivity contribution in [1.29, 1.82) is 0 Å². The second-order valence-electron chi connectivity index (χ2n) is 6.83. The number of nitrogens with one attached hydrogen (secondary N) is 2. The molecular formula is C24H22FN3. The zero-order valence-electron chi connectivity index (χ0n) is 15.8. The van der Waals surface area contributed by atoms with Crippen LogP contribution in [0.4, 0.5) is 4.39 Å². The summed E-state index contributed by atoms with van der Waals surface area (Å²) in [5.41, 5.74) is 5.90. The fourth-order valence-corrected chi connectivity index (χ4v) is 3.36. The molecule has 1 aliphatic rings. The monoisotopic (exact) mass is 371 g/mol. The lowest BCUT2D eigenvalue weighted by Gasteiger charge is -2.07. The van der Waals surface area contributed by atoms with Crippen LogP contribution in [-0.2, 0) is 0 Å². The minimum absolute atomic E-state index is 0.369. The molecule has 1 aliphatic carbocycles. The van der Waals surface area contributed by atoms with E-state index in [0.717, 1.165) is 57.7 Å². The first-order valence-electron chi connectivity index (χ1n) is 9.37. The van der Waals surface area contributed by atoms with Crippen molar-refractivity contribution in [2.24, 2.45) is 0 Å². The first kappa shape index (κ1) is 18.0. The molecule has 2 N–H and O–H groups in total. The van der Waals surface area contributed by atoms with Gasteiger partial charge >= 0.3 is 0 Å². The van der Waals surface area contributed by atoms with Crippen LogP contribution in [0.25, 0.3) is 33.4 Å². The van der Waals surface area contributed by atoms with E-state index in [1.807, 2.05) is 25.3 Å². The van der Waals surface area contributed by atoms with Gasteiger partial charge in [0.2, 0.25) is 0 Å². The normalized spacial score (nSPS) is 15.1. The molecule has 3 aromatic rings. The average Bonchev–Trinajstić information content (AvgIpc) is 3.38. The summed E-state index contributed by atoms with van der Waals surface area (Å²) in [5.74, 6) is 0.431. The molecule has 4 rings (SSSR count). The maximum Gasteiger partial charge on any atom is 0.138 e. The molecule has 0 spiro atoms. The van der Waals surface area contributed by atoms with Crippen molar-refractivity contribution in [2.45, 2.75) is 19.8 Å². The van der Waals surface area contributed by atoms with E-state index in [-0.39, 0.29) is 5.83 Å². The molecule has 0 atom stereocenters. The van der Waals surface area contributed by atoms with Gasteiger partial charge in [-0.1, -0.05) is 30.9 Å². The van der Waals surface area contributed by atoms with Crippen LogP contribution in [0.15, 0.2) is 79.3 Å². The molecule has 0 aliphatic heterocycles. The number of aromatic amines is 2. The van der Waals surface area contributed by atoms with E-state index in [0.29, 0.717) is 0 Å². The Hall–Kier alpha value is -3.40. The Bertz CT molecular complexity index is 1150. The second kappa shape index (κ2) is 7.69. The van der Waals surface area contributed by atoms with Crippen molar-refractivity contribution in [1.82, 2.24) is 15.0 Å². The van der Waals surface area contributed by atoms with E-state index in [4.69, 9.17) is 4.98 Å². The Labute approximate surface area is 163 Å². The van der Waals surface area contributed by atoms with Crippen LogP contribution in [0.2, 0.25) is 0 Å². The number of allylic oxidation sites excluding steroid dienone is 9. The SMILES string of the molecule is C=C/C(F)=C\C=C(/C)c1nc(-c2ccc3[nH]ccc3c2)[nH]c1C1=CCCC=C1. The summed E-state index contributed by atoms with van der Waals surface area (Å²) in [5, 5.41) is 1.14. The number of hydrogen-bond acceptors (Lipinski definition) is 1. The minimum Gasteiger partial charge on any atom is -0.361 e. The number of halogens is 1. The Balaban J connectivity index is 1.82. The zero-order valence-corrected chi connectivity index (χ0v) is 15.8. The second-order valence-corrected chi connectivity index (χ2v) is 6.83. The Morgan fingerprint density at radius 3 is 2.89 bits per heavy atom. The average molecular weight is 371 g/mol. The summed E-state index contributed by atoms with van der Waals surface area (Å²) in [7, 11) is 0. The van der Waals surface area contributed by atoms with Gasteiger partial charge in [-0.3, -0.25) is 0 Å². The maximum absolute atomic E-state index is 13.5. The lowest BCUT2D eigenvalue weighted by atomic mass is 10.0. The molecule has 28 heavy (non-hydrogen) atoms. The van der Waals surface area contributed by atoms with Crippen LogP contribution >= 0.6 is 0 Å². The van der Waals surface area contributed by atoms with Gasteiger partial charge in [-0.05, 0) is 67.3 Å². The van der Waals surface area contributed by atoms with Crippen LogP contribution in [0.1, 0.15) is 31.2 Å². The van der Waals surface area contributed by atoms with Gasteiger partial charge in [-0.15, -0.1) is 0 Å². The van der Waals surface area contributed by atoms with E-state index < -0.39 is 0 Å². The van der Waals surface area contributed by atoms with Crippen molar-refractivity contribution < 1.29 is 4.39 Å². The van der Waals surface area contributed by atoms with Gasteiger partial charge in [-0.2, -0.15) is 0 Å². The van der Waals surface area contributed by atoms with E-state index >= 15 is 0 Å². The van der Waals surface area contributed by atoms with Gasteiger partial charge < -0.3 is 9.97 Å². The summed E-state index contributed by atoms with van der Waals surface area (Å²) >= 11 is 0. The van der Waals surface area contributed by atoms with Crippen molar-refractivity contribution >= 4 is 22.0 Å². The van der Waals surface area contributed by atoms with Crippen LogP contribution in [0.5, 0.6) is 0 Å². The molecule has 3 nitrogen and oxygen atoms in total. The van der Waals surface area contributed by atoms with Gasteiger partial charge in [0.25, 0.3) is 0 Å². The quantitative estimate of drug-likeness (QED) is 0.480. The fraction of sp³-hybridized carbons (Fsp3) is 0.125. The Kier molecular flexibility index (Phi) is 4.94. The summed E-state index contributed by atoms with van der Waals surface area (Å²) in [6.45, 7) is 5.39. The molecule has 0 saturated carbocycles. The number of H-pyrrole nitrogens is 2. The molecule has 4 heteroatoms. The predicted molar refractivity (Wildman–Crippen MR) is 115 cm³/mol. The predicted octanol–water partition coefficient (Wildman–Crippen LogP) is 6.73. The number of hydrogen-bond donors (Lipinski definition) is 2. The van der Waals surface area contributed by atoms with Gasteiger partial charge in [0.05, 0.1) is 11.4 Å². The lowest BCUT2D eigenvalue weighted by Crippen LogP contribution is -1.91. The third-order valence-corrected chi connectivity index (χ3v) is 4.88. The number of fused-ring (bicyclic) bond motifs is 1. The van der Waals surface area contributed by atoms with E-state index in [9.17, 15) is 4.39 Å². The minimum atomic E-state index is -0.369. The topological polar surface area (TPSA) is 44.5 Å². The number of imidazole rings is 1. The highest BCUT2D eigenvalue weighted by molar-refractivity contribution is 5.86. The number of nitrogens with zero attached hydrogens (tertiary/aromatic N) is 1. The first-order chi connectivity index (χ1) is 13.7. The molecule has 0 bridgehead atoms. The van der Waals surface area contributed by atoms with Crippen LogP contribution < -0.4 is 0 Å². The zero-order chi connectivity index (χ0) is 19.5. The number of benzene rings is 1. The van der Waals surface area contributed by atoms with Crippen LogP contribution in [0.3, 0.4) is 0 Å². The Morgan fingerprint density at radius 2 is 2.11 bits per heavy atom. The summed E-state index contributed by atoms with van der Waals surface area (Å²) < 4.78 is 13.5. The molecule has 0 fully saturated rings. The Morgan fingerprint density at radius 1 is 1.21 bits per heavy atom. The smallest absolute Gasteiger partial charge is 0.138 e. The van der Waals surface area contributed by atoms with Crippen LogP contribution in [0, 0.1) is 0 Å². The van der Waals surface area contributed by atoms with E-state index in [1.54, 1.807) is 6.08 Å². The molecule has 140 valence electrons. The summed E-state index contributed by atoms with van der Waals surface area (Å²) in [4.78, 5) is 11.6. The molecule has 0 amide bonds. The molecule has 0 saturated heterocycles. The molecule has 0 radical (unpaired) electrons. The van der Waals surface area contributed by atoms with Gasteiger partial charge in [0.15, 0.2) is 0 Å². The van der Waals surface area contributed by atoms with Crippen molar-refractivity contribution in [3.05, 3.63) is 90.7 Å². The van der Waals surface area contributed by atoms with Crippen molar-refractivity contribution in [2.75, 3.05) is 0 Å². The first-order valence-corrected chi connectivity index (χ1v) is 9.37. The third kappa shape index (κ3) is 3.54. The van der Waals surface area contributed by atoms with E-state index in [2.05, 4.69) is 46.9 Å². The highest BCUT2D eigenvalue weighted by Crippen LogP contribution is 2.31.